The van der Waals surface area contributed by atoms with Crippen LogP contribution >= 0.6 is 0 Å². The average Bonchev–Trinajstić information content (AvgIpc) is 2.53. The van der Waals surface area contributed by atoms with Crippen LogP contribution in [-0.2, 0) is 4.79 Å². The Morgan fingerprint density at radius 2 is 2.25 bits per heavy atom. The van der Waals surface area contributed by atoms with Gasteiger partial charge in [-0.1, -0.05) is 0 Å². The van der Waals surface area contributed by atoms with Gasteiger partial charge < -0.3 is 20.6 Å². The fourth-order valence-electron chi connectivity index (χ4n) is 1.58. The van der Waals surface area contributed by atoms with Crippen LogP contribution in [-0.4, -0.2) is 23.7 Å². The summed E-state index contributed by atoms with van der Waals surface area (Å²) in [5.41, 5.74) is 6.44. The van der Waals surface area contributed by atoms with Crippen LogP contribution in [0.4, 0.5) is 0 Å². The lowest BCUT2D eigenvalue weighted by Crippen LogP contribution is -2.41. The second-order valence-electron chi connectivity index (χ2n) is 3.94. The fraction of sp³-hybridized carbons (Fsp3) is 0.545. The Morgan fingerprint density at radius 3 is 2.69 bits per heavy atom. The number of carbonyl (C=O) groups is 1. The number of hydrogen-bond acceptors (Lipinski definition) is 4. The number of carboxylic acid groups (broad SMARTS) is 1. The number of rotatable bonds is 5. The van der Waals surface area contributed by atoms with Gasteiger partial charge in [0.2, 0.25) is 0 Å². The summed E-state index contributed by atoms with van der Waals surface area (Å²) in [7, 11) is 0. The van der Waals surface area contributed by atoms with E-state index in [0.29, 0.717) is 0 Å². The van der Waals surface area contributed by atoms with E-state index in [9.17, 15) is 4.79 Å². The maximum Gasteiger partial charge on any atom is 0.321 e. The Labute approximate surface area is 94.6 Å². The number of aryl methyl sites for hydroxylation is 2. The topological polar surface area (TPSA) is 88.5 Å². The van der Waals surface area contributed by atoms with E-state index in [-0.39, 0.29) is 12.6 Å². The minimum absolute atomic E-state index is 0.0304. The first-order chi connectivity index (χ1) is 7.41. The van der Waals surface area contributed by atoms with Gasteiger partial charge in [-0.15, -0.1) is 0 Å². The molecule has 0 aliphatic carbocycles. The largest absolute Gasteiger partial charge is 0.480 e. The van der Waals surface area contributed by atoms with Crippen molar-refractivity contribution in [3.05, 3.63) is 23.2 Å². The highest BCUT2D eigenvalue weighted by molar-refractivity contribution is 5.73. The Bertz CT molecular complexity index is 373. The first-order valence-electron chi connectivity index (χ1n) is 5.20. The number of aliphatic carboxylic acids is 1. The summed E-state index contributed by atoms with van der Waals surface area (Å²) in [4.78, 5) is 10.5. The van der Waals surface area contributed by atoms with E-state index >= 15 is 0 Å². The molecule has 16 heavy (non-hydrogen) atoms. The van der Waals surface area contributed by atoms with Crippen molar-refractivity contribution in [1.29, 1.82) is 0 Å². The summed E-state index contributed by atoms with van der Waals surface area (Å²) in [5, 5.41) is 11.7. The molecule has 1 rings (SSSR count). The molecule has 0 saturated carbocycles. The summed E-state index contributed by atoms with van der Waals surface area (Å²) in [6.07, 6.45) is 0. The van der Waals surface area contributed by atoms with Crippen molar-refractivity contribution in [1.82, 2.24) is 5.32 Å². The zero-order valence-electron chi connectivity index (χ0n) is 9.78. The zero-order valence-corrected chi connectivity index (χ0v) is 9.78. The van der Waals surface area contributed by atoms with E-state index < -0.39 is 12.0 Å². The third-order valence-electron chi connectivity index (χ3n) is 2.51. The molecule has 2 atom stereocenters. The quantitative estimate of drug-likeness (QED) is 0.696. The van der Waals surface area contributed by atoms with Gasteiger partial charge in [0.25, 0.3) is 0 Å². The predicted octanol–water partition coefficient (Wildman–Crippen LogP) is 0.959. The second kappa shape index (κ2) is 5.14. The number of furan rings is 1. The molecule has 1 aromatic rings. The fourth-order valence-corrected chi connectivity index (χ4v) is 1.58. The number of carboxylic acids is 1. The minimum atomic E-state index is -1.00. The highest BCUT2D eigenvalue weighted by Crippen LogP contribution is 2.20. The average molecular weight is 226 g/mol. The van der Waals surface area contributed by atoms with E-state index in [0.717, 1.165) is 17.1 Å². The van der Waals surface area contributed by atoms with Crippen LogP contribution in [0.3, 0.4) is 0 Å². The van der Waals surface area contributed by atoms with Gasteiger partial charge in [-0.25, -0.2) is 0 Å². The molecule has 0 aromatic carbocycles. The van der Waals surface area contributed by atoms with E-state index in [1.807, 2.05) is 26.8 Å². The molecule has 1 heterocycles. The van der Waals surface area contributed by atoms with Gasteiger partial charge in [-0.2, -0.15) is 0 Å². The molecular formula is C11H18N2O3. The van der Waals surface area contributed by atoms with Crippen molar-refractivity contribution in [3.63, 3.8) is 0 Å². The Morgan fingerprint density at radius 1 is 1.62 bits per heavy atom. The van der Waals surface area contributed by atoms with E-state index in [1.54, 1.807) is 0 Å². The van der Waals surface area contributed by atoms with Crippen molar-refractivity contribution in [2.75, 3.05) is 6.54 Å². The van der Waals surface area contributed by atoms with Gasteiger partial charge in [0.15, 0.2) is 0 Å². The standard InChI is InChI=1S/C11H18N2O3/c1-6-4-9(8(3)16-6)7(2)13-5-10(12)11(14)15/h4,7,10,13H,5,12H2,1-3H3,(H,14,15). The second-order valence-corrected chi connectivity index (χ2v) is 3.94. The van der Waals surface area contributed by atoms with Crippen LogP contribution in [0.5, 0.6) is 0 Å². The van der Waals surface area contributed by atoms with E-state index in [2.05, 4.69) is 5.32 Å². The summed E-state index contributed by atoms with van der Waals surface area (Å²) in [6, 6.07) is 1.10. The van der Waals surface area contributed by atoms with Crippen LogP contribution in [0.1, 0.15) is 30.0 Å². The van der Waals surface area contributed by atoms with Gasteiger partial charge in [-0.05, 0) is 26.8 Å². The number of nitrogens with two attached hydrogens (primary N) is 1. The smallest absolute Gasteiger partial charge is 0.321 e. The molecule has 4 N–H and O–H groups in total. The van der Waals surface area contributed by atoms with Crippen LogP contribution in [0.15, 0.2) is 10.5 Å². The first-order valence-corrected chi connectivity index (χ1v) is 5.20. The molecule has 1 aromatic heterocycles. The van der Waals surface area contributed by atoms with E-state index in [4.69, 9.17) is 15.3 Å². The molecule has 0 saturated heterocycles. The van der Waals surface area contributed by atoms with Crippen LogP contribution in [0, 0.1) is 13.8 Å². The molecule has 0 fully saturated rings. The summed E-state index contributed by atoms with van der Waals surface area (Å²) >= 11 is 0. The molecule has 2 unspecified atom stereocenters. The molecule has 0 radical (unpaired) electrons. The zero-order chi connectivity index (χ0) is 12.3. The van der Waals surface area contributed by atoms with Crippen LogP contribution < -0.4 is 11.1 Å². The molecule has 0 aliphatic rings. The lowest BCUT2D eigenvalue weighted by molar-refractivity contribution is -0.138. The number of nitrogens with one attached hydrogen (secondary N) is 1. The van der Waals surface area contributed by atoms with Crippen molar-refractivity contribution < 1.29 is 14.3 Å². The minimum Gasteiger partial charge on any atom is -0.480 e. The predicted molar refractivity (Wildman–Crippen MR) is 60.2 cm³/mol. The lowest BCUT2D eigenvalue weighted by atomic mass is 10.1. The monoisotopic (exact) mass is 226 g/mol. The first kappa shape index (κ1) is 12.7. The molecule has 0 spiro atoms. The Hall–Kier alpha value is -1.33. The lowest BCUT2D eigenvalue weighted by Gasteiger charge is -2.14. The van der Waals surface area contributed by atoms with Crippen molar-refractivity contribution in [3.8, 4) is 0 Å². The molecule has 0 bridgehead atoms. The molecule has 0 aliphatic heterocycles. The molecule has 5 nitrogen and oxygen atoms in total. The summed E-state index contributed by atoms with van der Waals surface area (Å²) < 4.78 is 5.40. The van der Waals surface area contributed by atoms with Crippen LogP contribution in [0.25, 0.3) is 0 Å². The number of hydrogen-bond donors (Lipinski definition) is 3. The molecule has 90 valence electrons. The van der Waals surface area contributed by atoms with Gasteiger partial charge in [0, 0.05) is 18.2 Å². The summed E-state index contributed by atoms with van der Waals surface area (Å²) in [5.74, 6) is 0.699. The Balaban J connectivity index is 2.56. The van der Waals surface area contributed by atoms with Gasteiger partial charge >= 0.3 is 5.97 Å². The molecular weight excluding hydrogens is 208 g/mol. The van der Waals surface area contributed by atoms with Gasteiger partial charge in [-0.3, -0.25) is 4.79 Å². The Kier molecular flexibility index (Phi) is 4.09. The van der Waals surface area contributed by atoms with Crippen molar-refractivity contribution in [2.24, 2.45) is 5.73 Å². The highest BCUT2D eigenvalue weighted by atomic mass is 16.4. The van der Waals surface area contributed by atoms with Crippen LogP contribution in [0.2, 0.25) is 0 Å². The van der Waals surface area contributed by atoms with Crippen molar-refractivity contribution >= 4 is 5.97 Å². The van der Waals surface area contributed by atoms with E-state index in [1.165, 1.54) is 0 Å². The maximum atomic E-state index is 10.5. The normalized spacial score (nSPS) is 14.8. The third kappa shape index (κ3) is 3.08. The maximum absolute atomic E-state index is 10.5. The molecule has 0 amide bonds. The van der Waals surface area contributed by atoms with Crippen molar-refractivity contribution in [2.45, 2.75) is 32.9 Å². The highest BCUT2D eigenvalue weighted by Gasteiger charge is 2.16. The summed E-state index contributed by atoms with van der Waals surface area (Å²) in [6.45, 7) is 5.95. The van der Waals surface area contributed by atoms with Gasteiger partial charge in [0.1, 0.15) is 17.6 Å². The third-order valence-corrected chi connectivity index (χ3v) is 2.51. The molecule has 5 heteroatoms. The SMILES string of the molecule is Cc1cc(C(C)NCC(N)C(=O)O)c(C)o1. The van der Waals surface area contributed by atoms with Gasteiger partial charge in [0.05, 0.1) is 0 Å².